The number of hydrogen-bond acceptors (Lipinski definition) is 3. The standard InChI is InChI=1S/C16H24F2N2O/c1-21-9-7-19-10-13-4-3-8-20(11-13)12-14-15(17)5-2-6-16(14)18/h2,5-6,13,19H,3-4,7-12H2,1H3. The highest BCUT2D eigenvalue weighted by Gasteiger charge is 2.21. The van der Waals surface area contributed by atoms with Crippen molar-refractivity contribution in [2.75, 3.05) is 39.9 Å². The number of likely N-dealkylation sites (tertiary alicyclic amines) is 1. The lowest BCUT2D eigenvalue weighted by atomic mass is 9.97. The minimum absolute atomic E-state index is 0.186. The number of nitrogens with zero attached hydrogens (tertiary/aromatic N) is 1. The van der Waals surface area contributed by atoms with Gasteiger partial charge < -0.3 is 10.1 Å². The van der Waals surface area contributed by atoms with Crippen molar-refractivity contribution in [3.8, 4) is 0 Å². The van der Waals surface area contributed by atoms with Gasteiger partial charge in [0.1, 0.15) is 11.6 Å². The first-order valence-electron chi connectivity index (χ1n) is 7.55. The normalized spacial score (nSPS) is 19.9. The van der Waals surface area contributed by atoms with Gasteiger partial charge in [0.25, 0.3) is 0 Å². The third kappa shape index (κ3) is 5.02. The van der Waals surface area contributed by atoms with Crippen LogP contribution in [0.4, 0.5) is 8.78 Å². The van der Waals surface area contributed by atoms with E-state index in [1.54, 1.807) is 7.11 Å². The molecule has 1 atom stereocenters. The van der Waals surface area contributed by atoms with Crippen LogP contribution in [-0.2, 0) is 11.3 Å². The molecule has 21 heavy (non-hydrogen) atoms. The number of ether oxygens (including phenoxy) is 1. The highest BCUT2D eigenvalue weighted by Crippen LogP contribution is 2.20. The van der Waals surface area contributed by atoms with E-state index in [0.29, 0.717) is 19.1 Å². The molecule has 1 aromatic carbocycles. The van der Waals surface area contributed by atoms with Crippen molar-refractivity contribution in [3.63, 3.8) is 0 Å². The summed E-state index contributed by atoms with van der Waals surface area (Å²) in [5.74, 6) is -0.365. The smallest absolute Gasteiger partial charge is 0.130 e. The van der Waals surface area contributed by atoms with E-state index >= 15 is 0 Å². The van der Waals surface area contributed by atoms with Crippen LogP contribution in [0, 0.1) is 17.6 Å². The molecule has 0 aromatic heterocycles. The fraction of sp³-hybridized carbons (Fsp3) is 0.625. The predicted octanol–water partition coefficient (Wildman–Crippen LogP) is 2.41. The molecule has 0 aliphatic carbocycles. The predicted molar refractivity (Wildman–Crippen MR) is 79.1 cm³/mol. The topological polar surface area (TPSA) is 24.5 Å². The number of hydrogen-bond donors (Lipinski definition) is 1. The van der Waals surface area contributed by atoms with E-state index in [4.69, 9.17) is 4.74 Å². The molecule has 1 fully saturated rings. The van der Waals surface area contributed by atoms with E-state index in [2.05, 4.69) is 10.2 Å². The summed E-state index contributed by atoms with van der Waals surface area (Å²) in [4.78, 5) is 2.15. The van der Waals surface area contributed by atoms with Crippen LogP contribution in [0.3, 0.4) is 0 Å². The number of rotatable bonds is 7. The molecule has 2 rings (SSSR count). The van der Waals surface area contributed by atoms with Gasteiger partial charge in [-0.1, -0.05) is 6.07 Å². The Morgan fingerprint density at radius 1 is 1.33 bits per heavy atom. The molecular weight excluding hydrogens is 274 g/mol. The van der Waals surface area contributed by atoms with Crippen LogP contribution >= 0.6 is 0 Å². The molecule has 0 amide bonds. The Balaban J connectivity index is 1.83. The molecule has 1 aromatic rings. The Morgan fingerprint density at radius 3 is 2.81 bits per heavy atom. The van der Waals surface area contributed by atoms with E-state index in [9.17, 15) is 8.78 Å². The first-order chi connectivity index (χ1) is 10.2. The van der Waals surface area contributed by atoms with E-state index in [1.165, 1.54) is 18.2 Å². The van der Waals surface area contributed by atoms with Crippen LogP contribution in [0.25, 0.3) is 0 Å². The van der Waals surface area contributed by atoms with Gasteiger partial charge in [0.15, 0.2) is 0 Å². The molecule has 1 aliphatic heterocycles. The van der Waals surface area contributed by atoms with Crippen molar-refractivity contribution in [1.82, 2.24) is 10.2 Å². The molecule has 1 saturated heterocycles. The number of halogens is 2. The maximum Gasteiger partial charge on any atom is 0.130 e. The first-order valence-corrected chi connectivity index (χ1v) is 7.55. The summed E-state index contributed by atoms with van der Waals surface area (Å²) < 4.78 is 32.4. The SMILES string of the molecule is COCCNCC1CCCN(Cc2c(F)cccc2F)C1. The van der Waals surface area contributed by atoms with E-state index < -0.39 is 11.6 Å². The highest BCUT2D eigenvalue weighted by molar-refractivity contribution is 5.19. The van der Waals surface area contributed by atoms with Crippen molar-refractivity contribution < 1.29 is 13.5 Å². The van der Waals surface area contributed by atoms with Gasteiger partial charge >= 0.3 is 0 Å². The first kappa shape index (κ1) is 16.3. The lowest BCUT2D eigenvalue weighted by Crippen LogP contribution is -2.40. The molecule has 0 saturated carbocycles. The zero-order chi connectivity index (χ0) is 15.1. The molecule has 1 heterocycles. The number of nitrogens with one attached hydrogen (secondary N) is 1. The summed E-state index contributed by atoms with van der Waals surface area (Å²) >= 11 is 0. The average Bonchev–Trinajstić information content (AvgIpc) is 2.48. The Kier molecular flexibility index (Phi) is 6.54. The number of piperidine rings is 1. The molecule has 1 unspecified atom stereocenters. The van der Waals surface area contributed by atoms with Gasteiger partial charge in [-0.15, -0.1) is 0 Å². The summed E-state index contributed by atoms with van der Waals surface area (Å²) in [6, 6.07) is 4.06. The molecular formula is C16H24F2N2O. The average molecular weight is 298 g/mol. The van der Waals surface area contributed by atoms with Crippen molar-refractivity contribution in [1.29, 1.82) is 0 Å². The fourth-order valence-electron chi connectivity index (χ4n) is 2.85. The fourth-order valence-corrected chi connectivity index (χ4v) is 2.85. The van der Waals surface area contributed by atoms with E-state index in [1.807, 2.05) is 0 Å². The molecule has 0 spiro atoms. The van der Waals surface area contributed by atoms with Crippen molar-refractivity contribution in [2.24, 2.45) is 5.92 Å². The zero-order valence-corrected chi connectivity index (χ0v) is 12.6. The lowest BCUT2D eigenvalue weighted by molar-refractivity contribution is 0.156. The van der Waals surface area contributed by atoms with Gasteiger partial charge in [-0.25, -0.2) is 8.78 Å². The van der Waals surface area contributed by atoms with Crippen LogP contribution in [0.15, 0.2) is 18.2 Å². The van der Waals surface area contributed by atoms with Crippen LogP contribution in [-0.4, -0.2) is 44.8 Å². The monoisotopic (exact) mass is 298 g/mol. The second-order valence-corrected chi connectivity index (χ2v) is 5.64. The third-order valence-corrected chi connectivity index (χ3v) is 3.96. The quantitative estimate of drug-likeness (QED) is 0.782. The minimum atomic E-state index is -0.449. The second-order valence-electron chi connectivity index (χ2n) is 5.64. The molecule has 1 aliphatic rings. The van der Waals surface area contributed by atoms with Gasteiger partial charge in [-0.2, -0.15) is 0 Å². The number of benzene rings is 1. The summed E-state index contributed by atoms with van der Waals surface area (Å²) in [5, 5.41) is 3.36. The van der Waals surface area contributed by atoms with Crippen LogP contribution in [0.5, 0.6) is 0 Å². The van der Waals surface area contributed by atoms with Crippen molar-refractivity contribution >= 4 is 0 Å². The van der Waals surface area contributed by atoms with Gasteiger partial charge in [0, 0.05) is 32.3 Å². The van der Waals surface area contributed by atoms with Crippen LogP contribution in [0.1, 0.15) is 18.4 Å². The molecule has 0 radical (unpaired) electrons. The summed E-state index contributed by atoms with van der Waals surface area (Å²) in [6.07, 6.45) is 2.24. The Bertz CT molecular complexity index is 422. The molecule has 3 nitrogen and oxygen atoms in total. The van der Waals surface area contributed by atoms with Gasteiger partial charge in [0.05, 0.1) is 6.61 Å². The highest BCUT2D eigenvalue weighted by atomic mass is 19.1. The zero-order valence-electron chi connectivity index (χ0n) is 12.6. The lowest BCUT2D eigenvalue weighted by Gasteiger charge is -2.33. The molecule has 118 valence electrons. The van der Waals surface area contributed by atoms with Crippen molar-refractivity contribution in [3.05, 3.63) is 35.4 Å². The summed E-state index contributed by atoms with van der Waals surface area (Å²) in [7, 11) is 1.69. The van der Waals surface area contributed by atoms with E-state index in [-0.39, 0.29) is 5.56 Å². The maximum absolute atomic E-state index is 13.7. The minimum Gasteiger partial charge on any atom is -0.383 e. The number of methoxy groups -OCH3 is 1. The summed E-state index contributed by atoms with van der Waals surface area (Å²) in [5.41, 5.74) is 0.186. The Hall–Kier alpha value is -1.04. The van der Waals surface area contributed by atoms with Gasteiger partial charge in [-0.05, 0) is 44.0 Å². The second kappa shape index (κ2) is 8.41. The Labute approximate surface area is 125 Å². The van der Waals surface area contributed by atoms with Crippen molar-refractivity contribution in [2.45, 2.75) is 19.4 Å². The maximum atomic E-state index is 13.7. The van der Waals surface area contributed by atoms with Crippen LogP contribution < -0.4 is 5.32 Å². The Morgan fingerprint density at radius 2 is 2.10 bits per heavy atom. The van der Waals surface area contributed by atoms with Gasteiger partial charge in [-0.3, -0.25) is 4.90 Å². The molecule has 1 N–H and O–H groups in total. The largest absolute Gasteiger partial charge is 0.383 e. The van der Waals surface area contributed by atoms with Gasteiger partial charge in [0.2, 0.25) is 0 Å². The molecule has 0 bridgehead atoms. The molecule has 5 heteroatoms. The van der Waals surface area contributed by atoms with Crippen LogP contribution in [0.2, 0.25) is 0 Å². The van der Waals surface area contributed by atoms with E-state index in [0.717, 1.165) is 39.0 Å². The third-order valence-electron chi connectivity index (χ3n) is 3.96. The summed E-state index contributed by atoms with van der Waals surface area (Å²) in [6.45, 7) is 4.62.